The molecule has 0 spiro atoms. The van der Waals surface area contributed by atoms with Crippen molar-refractivity contribution in [3.8, 4) is 11.8 Å². The number of aromatic nitrogens is 4. The van der Waals surface area contributed by atoms with Crippen LogP contribution in [0, 0.1) is 6.92 Å². The molecule has 19 heavy (non-hydrogen) atoms. The topological polar surface area (TPSA) is 100 Å². The third kappa shape index (κ3) is 3.18. The summed E-state index contributed by atoms with van der Waals surface area (Å²) in [4.78, 5) is 8.36. The molecule has 2 rings (SSSR count). The number of nitrogen functional groups attached to an aromatic ring is 1. The third-order valence-corrected chi connectivity index (χ3v) is 2.34. The highest BCUT2D eigenvalue weighted by atomic mass is 16.5. The molecule has 0 aromatic carbocycles. The minimum Gasteiger partial charge on any atom is -0.421 e. The van der Waals surface area contributed by atoms with Crippen molar-refractivity contribution in [2.45, 2.75) is 13.5 Å². The Kier molecular flexibility index (Phi) is 3.93. The SMILES string of the molecule is COCc1nc(NN)cc(Oc2cc(C)nn2C)n1. The number of nitrogens with two attached hydrogens (primary N) is 1. The normalized spacial score (nSPS) is 10.5. The lowest BCUT2D eigenvalue weighted by molar-refractivity contribution is 0.177. The van der Waals surface area contributed by atoms with E-state index in [0.717, 1.165) is 5.69 Å². The number of nitrogens with zero attached hydrogens (tertiary/aromatic N) is 4. The van der Waals surface area contributed by atoms with E-state index in [4.69, 9.17) is 15.3 Å². The number of hydrogen-bond donors (Lipinski definition) is 2. The van der Waals surface area contributed by atoms with Crippen LogP contribution in [0.15, 0.2) is 12.1 Å². The number of hydrogen-bond acceptors (Lipinski definition) is 7. The first-order valence-electron chi connectivity index (χ1n) is 5.64. The van der Waals surface area contributed by atoms with E-state index in [1.165, 1.54) is 0 Å². The zero-order valence-electron chi connectivity index (χ0n) is 11.0. The summed E-state index contributed by atoms with van der Waals surface area (Å²) in [6.45, 7) is 2.16. The van der Waals surface area contributed by atoms with Gasteiger partial charge >= 0.3 is 0 Å². The highest BCUT2D eigenvalue weighted by Gasteiger charge is 2.09. The zero-order valence-corrected chi connectivity index (χ0v) is 11.0. The van der Waals surface area contributed by atoms with Gasteiger partial charge in [0.1, 0.15) is 12.4 Å². The maximum absolute atomic E-state index is 5.66. The second-order valence-electron chi connectivity index (χ2n) is 3.93. The van der Waals surface area contributed by atoms with E-state index in [1.54, 1.807) is 24.9 Å². The Labute approximate surface area is 110 Å². The maximum Gasteiger partial charge on any atom is 0.226 e. The van der Waals surface area contributed by atoms with E-state index in [0.29, 0.717) is 23.4 Å². The smallest absolute Gasteiger partial charge is 0.226 e. The number of anilines is 1. The summed E-state index contributed by atoms with van der Waals surface area (Å²) >= 11 is 0. The Morgan fingerprint density at radius 3 is 2.74 bits per heavy atom. The molecule has 8 nitrogen and oxygen atoms in total. The molecule has 0 radical (unpaired) electrons. The molecule has 0 aliphatic rings. The monoisotopic (exact) mass is 264 g/mol. The molecule has 0 fully saturated rings. The molecule has 0 unspecified atom stereocenters. The minimum atomic E-state index is 0.274. The molecule has 0 atom stereocenters. The van der Waals surface area contributed by atoms with E-state index >= 15 is 0 Å². The van der Waals surface area contributed by atoms with Crippen LogP contribution in [-0.2, 0) is 18.4 Å². The van der Waals surface area contributed by atoms with E-state index in [9.17, 15) is 0 Å². The fourth-order valence-corrected chi connectivity index (χ4v) is 1.58. The number of methoxy groups -OCH3 is 1. The van der Waals surface area contributed by atoms with Crippen molar-refractivity contribution < 1.29 is 9.47 Å². The standard InChI is InChI=1S/C11H16N6O2/c1-7-4-11(17(2)16-7)19-10-5-8(15-12)13-9(14-10)6-18-3/h4-5H,6,12H2,1-3H3,(H,13,14,15). The van der Waals surface area contributed by atoms with Gasteiger partial charge in [-0.15, -0.1) is 0 Å². The fourth-order valence-electron chi connectivity index (χ4n) is 1.58. The van der Waals surface area contributed by atoms with Crippen LogP contribution in [-0.4, -0.2) is 26.9 Å². The first kappa shape index (κ1) is 13.2. The molecule has 0 saturated heterocycles. The molecular weight excluding hydrogens is 248 g/mol. The highest BCUT2D eigenvalue weighted by Crippen LogP contribution is 2.21. The second kappa shape index (κ2) is 5.63. The molecule has 0 bridgehead atoms. The van der Waals surface area contributed by atoms with Gasteiger partial charge in [-0.25, -0.2) is 15.5 Å². The van der Waals surface area contributed by atoms with Gasteiger partial charge in [-0.2, -0.15) is 10.1 Å². The van der Waals surface area contributed by atoms with Crippen molar-refractivity contribution in [1.82, 2.24) is 19.7 Å². The van der Waals surface area contributed by atoms with Crippen LogP contribution >= 0.6 is 0 Å². The largest absolute Gasteiger partial charge is 0.421 e. The van der Waals surface area contributed by atoms with Gasteiger partial charge in [-0.05, 0) is 6.92 Å². The van der Waals surface area contributed by atoms with Crippen molar-refractivity contribution in [2.75, 3.05) is 12.5 Å². The van der Waals surface area contributed by atoms with Gasteiger partial charge in [-0.1, -0.05) is 0 Å². The summed E-state index contributed by atoms with van der Waals surface area (Å²) in [7, 11) is 3.36. The Hall–Kier alpha value is -2.19. The van der Waals surface area contributed by atoms with Gasteiger partial charge in [0.2, 0.25) is 11.8 Å². The molecule has 3 N–H and O–H groups in total. The van der Waals surface area contributed by atoms with Crippen LogP contribution in [0.2, 0.25) is 0 Å². The maximum atomic E-state index is 5.66. The van der Waals surface area contributed by atoms with Crippen LogP contribution in [0.3, 0.4) is 0 Å². The molecule has 2 aromatic heterocycles. The summed E-state index contributed by atoms with van der Waals surface area (Å²) in [5.74, 6) is 7.25. The molecular formula is C11H16N6O2. The Bertz CT molecular complexity index is 568. The lowest BCUT2D eigenvalue weighted by atomic mass is 10.5. The lowest BCUT2D eigenvalue weighted by Crippen LogP contribution is -2.11. The van der Waals surface area contributed by atoms with Crippen LogP contribution in [0.25, 0.3) is 0 Å². The number of hydrazine groups is 1. The number of nitrogens with one attached hydrogen (secondary N) is 1. The van der Waals surface area contributed by atoms with Gasteiger partial charge < -0.3 is 14.9 Å². The third-order valence-electron chi connectivity index (χ3n) is 2.34. The van der Waals surface area contributed by atoms with Crippen molar-refractivity contribution in [3.05, 3.63) is 23.7 Å². The molecule has 0 aliphatic heterocycles. The summed E-state index contributed by atoms with van der Waals surface area (Å²) in [6.07, 6.45) is 0. The average Bonchev–Trinajstić information content (AvgIpc) is 2.68. The number of rotatable bonds is 5. The molecule has 0 amide bonds. The minimum absolute atomic E-state index is 0.274. The molecule has 2 aromatic rings. The van der Waals surface area contributed by atoms with Crippen molar-refractivity contribution in [2.24, 2.45) is 12.9 Å². The second-order valence-corrected chi connectivity index (χ2v) is 3.93. The summed E-state index contributed by atoms with van der Waals surface area (Å²) < 4.78 is 12.3. The molecule has 8 heteroatoms. The van der Waals surface area contributed by atoms with Crippen molar-refractivity contribution in [1.29, 1.82) is 0 Å². The van der Waals surface area contributed by atoms with E-state index in [1.807, 2.05) is 13.0 Å². The molecule has 2 heterocycles. The Balaban J connectivity index is 2.28. The van der Waals surface area contributed by atoms with Gasteiger partial charge in [0.15, 0.2) is 5.82 Å². The predicted octanol–water partition coefficient (Wildman–Crippen LogP) is 0.743. The predicted molar refractivity (Wildman–Crippen MR) is 68.6 cm³/mol. The average molecular weight is 264 g/mol. The van der Waals surface area contributed by atoms with Crippen molar-refractivity contribution in [3.63, 3.8) is 0 Å². The van der Waals surface area contributed by atoms with E-state index < -0.39 is 0 Å². The summed E-state index contributed by atoms with van der Waals surface area (Å²) in [5.41, 5.74) is 3.32. The number of aryl methyl sites for hydroxylation is 2. The van der Waals surface area contributed by atoms with Crippen LogP contribution in [0.1, 0.15) is 11.5 Å². The zero-order chi connectivity index (χ0) is 13.8. The van der Waals surface area contributed by atoms with Crippen LogP contribution < -0.4 is 16.0 Å². The fraction of sp³-hybridized carbons (Fsp3) is 0.364. The van der Waals surface area contributed by atoms with E-state index in [2.05, 4.69) is 20.5 Å². The molecule has 0 saturated carbocycles. The molecule has 0 aliphatic carbocycles. The molecule has 102 valence electrons. The number of ether oxygens (including phenoxy) is 2. The van der Waals surface area contributed by atoms with Crippen molar-refractivity contribution >= 4 is 5.82 Å². The van der Waals surface area contributed by atoms with Gasteiger partial charge in [0.25, 0.3) is 0 Å². The van der Waals surface area contributed by atoms with Gasteiger partial charge in [0, 0.05) is 26.3 Å². The van der Waals surface area contributed by atoms with Crippen LogP contribution in [0.4, 0.5) is 5.82 Å². The summed E-state index contributed by atoms with van der Waals surface area (Å²) in [5, 5.41) is 4.19. The highest BCUT2D eigenvalue weighted by molar-refractivity contribution is 5.38. The first-order valence-corrected chi connectivity index (χ1v) is 5.64. The van der Waals surface area contributed by atoms with E-state index in [-0.39, 0.29) is 6.61 Å². The van der Waals surface area contributed by atoms with Crippen LogP contribution in [0.5, 0.6) is 11.8 Å². The van der Waals surface area contributed by atoms with Gasteiger partial charge in [-0.3, -0.25) is 0 Å². The summed E-state index contributed by atoms with van der Waals surface area (Å²) in [6, 6.07) is 3.41. The Morgan fingerprint density at radius 1 is 1.37 bits per heavy atom. The first-order chi connectivity index (χ1) is 9.12. The van der Waals surface area contributed by atoms with Gasteiger partial charge in [0.05, 0.1) is 5.69 Å². The quantitative estimate of drug-likeness (QED) is 0.607. The Morgan fingerprint density at radius 2 is 2.16 bits per heavy atom. The lowest BCUT2D eigenvalue weighted by Gasteiger charge is -2.08.